The number of nitriles is 1. The number of fused-ring (bicyclic) bond motifs is 8. The predicted octanol–water partition coefficient (Wildman–Crippen LogP) is 4.23. The van der Waals surface area contributed by atoms with E-state index >= 15 is 0 Å². The second-order valence-corrected chi connectivity index (χ2v) is 10.8. The van der Waals surface area contributed by atoms with Crippen LogP contribution in [0.4, 0.5) is 10.2 Å². The van der Waals surface area contributed by atoms with Crippen LogP contribution in [-0.2, 0) is 11.3 Å². The summed E-state index contributed by atoms with van der Waals surface area (Å²) in [5.74, 6) is 0.671. The number of hydrogen-bond acceptors (Lipinski definition) is 8. The van der Waals surface area contributed by atoms with Crippen molar-refractivity contribution in [2.45, 2.75) is 25.1 Å². The Bertz CT molecular complexity index is 1790. The topological polar surface area (TPSA) is 126 Å². The molecule has 2 aliphatic rings. The van der Waals surface area contributed by atoms with Crippen LogP contribution < -0.4 is 29.7 Å². The summed E-state index contributed by atoms with van der Waals surface area (Å²) in [4.78, 5) is 32.8. The first kappa shape index (κ1) is 29.4. The molecule has 3 heterocycles. The molecule has 0 spiro atoms. The Hall–Kier alpha value is -5.63. The summed E-state index contributed by atoms with van der Waals surface area (Å²) in [5, 5.41) is 15.2. The fraction of sp³-hybridized carbons (Fsp3) is 0.235. The molecule has 4 aromatic rings. The van der Waals surface area contributed by atoms with E-state index in [4.69, 9.17) is 14.2 Å². The number of rotatable bonds is 2. The number of hydrogen-bond donors (Lipinski definition) is 2. The van der Waals surface area contributed by atoms with Gasteiger partial charge in [0.15, 0.2) is 6.61 Å². The third-order valence-electron chi connectivity index (χ3n) is 7.72. The smallest absolute Gasteiger partial charge is 0.258 e. The van der Waals surface area contributed by atoms with Crippen LogP contribution in [0.2, 0.25) is 0 Å². The molecule has 1 aromatic heterocycles. The van der Waals surface area contributed by atoms with E-state index in [-0.39, 0.29) is 36.4 Å². The molecule has 1 fully saturated rings. The van der Waals surface area contributed by atoms with Crippen molar-refractivity contribution in [2.24, 2.45) is 0 Å². The van der Waals surface area contributed by atoms with Gasteiger partial charge in [-0.15, -0.1) is 0 Å². The van der Waals surface area contributed by atoms with Crippen LogP contribution >= 0.6 is 0 Å². The van der Waals surface area contributed by atoms with Crippen LogP contribution in [0.5, 0.6) is 17.2 Å². The second kappa shape index (κ2) is 12.9. The third-order valence-corrected chi connectivity index (χ3v) is 7.72. The first-order valence-electron chi connectivity index (χ1n) is 14.5. The highest BCUT2D eigenvalue weighted by molar-refractivity contribution is 5.96. The van der Waals surface area contributed by atoms with Crippen molar-refractivity contribution in [3.63, 3.8) is 0 Å². The van der Waals surface area contributed by atoms with E-state index in [1.54, 1.807) is 61.7 Å². The fourth-order valence-corrected chi connectivity index (χ4v) is 5.53. The van der Waals surface area contributed by atoms with Gasteiger partial charge in [-0.25, -0.2) is 9.37 Å². The molecule has 0 aliphatic carbocycles. The molecule has 2 atom stereocenters. The minimum Gasteiger partial charge on any atom is -0.496 e. The zero-order chi connectivity index (χ0) is 31.3. The Kier molecular flexibility index (Phi) is 8.46. The number of nitrogens with one attached hydrogen (secondary N) is 2. The van der Waals surface area contributed by atoms with Crippen molar-refractivity contribution in [1.29, 1.82) is 5.26 Å². The molecule has 6 bridgehead atoms. The van der Waals surface area contributed by atoms with E-state index in [1.165, 1.54) is 12.1 Å². The summed E-state index contributed by atoms with van der Waals surface area (Å²) < 4.78 is 32.3. The highest BCUT2D eigenvalue weighted by atomic mass is 19.1. The van der Waals surface area contributed by atoms with Gasteiger partial charge in [0.25, 0.3) is 11.8 Å². The van der Waals surface area contributed by atoms with Gasteiger partial charge in [0.05, 0.1) is 13.2 Å². The fourth-order valence-electron chi connectivity index (χ4n) is 5.53. The summed E-state index contributed by atoms with van der Waals surface area (Å²) in [6.07, 6.45) is -0.0391. The molecule has 11 heteroatoms. The quantitative estimate of drug-likeness (QED) is 0.347. The molecule has 10 nitrogen and oxygen atoms in total. The maximum atomic E-state index is 14.7. The van der Waals surface area contributed by atoms with Crippen molar-refractivity contribution in [2.75, 3.05) is 31.7 Å². The van der Waals surface area contributed by atoms with Gasteiger partial charge in [-0.2, -0.15) is 5.26 Å². The highest BCUT2D eigenvalue weighted by Crippen LogP contribution is 2.33. The third kappa shape index (κ3) is 6.80. The monoisotopic (exact) mass is 607 g/mol. The van der Waals surface area contributed by atoms with Crippen LogP contribution in [0, 0.1) is 17.1 Å². The molecule has 1 saturated heterocycles. The molecular formula is C34H30FN5O5. The summed E-state index contributed by atoms with van der Waals surface area (Å²) >= 11 is 0. The van der Waals surface area contributed by atoms with Crippen molar-refractivity contribution in [1.82, 2.24) is 15.6 Å². The summed E-state index contributed by atoms with van der Waals surface area (Å²) in [6, 6.07) is 23.3. The Morgan fingerprint density at radius 1 is 1.02 bits per heavy atom. The molecule has 0 saturated carbocycles. The van der Waals surface area contributed by atoms with Crippen molar-refractivity contribution in [3.05, 3.63) is 102 Å². The summed E-state index contributed by atoms with van der Waals surface area (Å²) in [6.45, 7) is 0.687. The van der Waals surface area contributed by atoms with Crippen molar-refractivity contribution in [3.8, 4) is 34.4 Å². The average Bonchev–Trinajstić information content (AvgIpc) is 3.06. The zero-order valence-electron chi connectivity index (χ0n) is 24.5. The number of ether oxygens (including phenoxy) is 3. The zero-order valence-corrected chi connectivity index (χ0v) is 24.5. The molecule has 2 N–H and O–H groups in total. The van der Waals surface area contributed by atoms with Crippen LogP contribution in [0.25, 0.3) is 11.1 Å². The summed E-state index contributed by atoms with van der Waals surface area (Å²) in [7, 11) is 1.55. The molecule has 228 valence electrons. The molecule has 2 aliphatic heterocycles. The minimum absolute atomic E-state index is 0.0684. The van der Waals surface area contributed by atoms with Crippen molar-refractivity contribution >= 4 is 17.6 Å². The number of carbonyl (C=O) groups excluding carboxylic acids is 2. The van der Waals surface area contributed by atoms with Gasteiger partial charge in [0.1, 0.15) is 46.8 Å². The average molecular weight is 608 g/mol. The standard InChI is InChI=1S/C34H30FN5O5/c1-43-30-9-8-23-15-28(30)22-4-2-6-26(14-22)44-20-33(41)37-18-21-12-24(35)16-27(13-21)45-31-10-11-40(19-29(31)39-34(23)42)32-7-3-5-25(17-36)38-32/h2-9,12-16,29,31H,10-11,18-20H2,1H3,(H,37,41)(H,39,42)/t29-,31-/m1/s1. The van der Waals surface area contributed by atoms with Crippen molar-refractivity contribution < 1.29 is 28.2 Å². The first-order chi connectivity index (χ1) is 21.9. The van der Waals surface area contributed by atoms with E-state index in [2.05, 4.69) is 21.7 Å². The van der Waals surface area contributed by atoms with Crippen LogP contribution in [0.1, 0.15) is 28.0 Å². The number of benzene rings is 3. The Balaban J connectivity index is 1.38. The van der Waals surface area contributed by atoms with Gasteiger partial charge in [0, 0.05) is 43.2 Å². The number of amides is 2. The molecular weight excluding hydrogens is 577 g/mol. The highest BCUT2D eigenvalue weighted by Gasteiger charge is 2.33. The Morgan fingerprint density at radius 2 is 1.89 bits per heavy atom. The lowest BCUT2D eigenvalue weighted by Gasteiger charge is -2.39. The largest absolute Gasteiger partial charge is 0.496 e. The minimum atomic E-state index is -0.533. The first-order valence-corrected chi connectivity index (χ1v) is 14.5. The number of carbonyl (C=O) groups is 2. The number of piperidine rings is 1. The van der Waals surface area contributed by atoms with E-state index in [1.807, 2.05) is 17.0 Å². The van der Waals surface area contributed by atoms with E-state index < -0.39 is 18.0 Å². The number of methoxy groups -OCH3 is 1. The van der Waals surface area contributed by atoms with Crippen LogP contribution in [-0.4, -0.2) is 55.8 Å². The molecule has 2 amide bonds. The molecule has 45 heavy (non-hydrogen) atoms. The van der Waals surface area contributed by atoms with Gasteiger partial charge >= 0.3 is 0 Å². The Labute approximate surface area is 259 Å². The predicted molar refractivity (Wildman–Crippen MR) is 164 cm³/mol. The number of aromatic nitrogens is 1. The van der Waals surface area contributed by atoms with Crippen LogP contribution in [0.15, 0.2) is 78.9 Å². The van der Waals surface area contributed by atoms with Gasteiger partial charge in [-0.05, 0) is 65.7 Å². The lowest BCUT2D eigenvalue weighted by molar-refractivity contribution is -0.123. The lowest BCUT2D eigenvalue weighted by Crippen LogP contribution is -2.57. The molecule has 3 aromatic carbocycles. The van der Waals surface area contributed by atoms with Gasteiger partial charge in [-0.1, -0.05) is 18.2 Å². The number of halogens is 1. The molecule has 0 unspecified atom stereocenters. The normalized spacial score (nSPS) is 18.3. The molecule has 6 rings (SSSR count). The second-order valence-electron chi connectivity index (χ2n) is 10.8. The molecule has 0 radical (unpaired) electrons. The Morgan fingerprint density at radius 3 is 2.73 bits per heavy atom. The van der Waals surface area contributed by atoms with Gasteiger partial charge in [-0.3, -0.25) is 9.59 Å². The number of nitrogens with zero attached hydrogens (tertiary/aromatic N) is 3. The SMILES string of the molecule is COc1ccc2cc1-c1cccc(c1)OCC(=O)NCc1cc(F)cc(c1)O[C@@H]1CCN(c3cccc(C#N)n3)C[C@H]1NC2=O. The van der Waals surface area contributed by atoms with Crippen LogP contribution in [0.3, 0.4) is 0 Å². The number of pyridine rings is 1. The van der Waals surface area contributed by atoms with Gasteiger partial charge < -0.3 is 29.7 Å². The summed E-state index contributed by atoms with van der Waals surface area (Å²) in [5.41, 5.74) is 2.59. The number of anilines is 1. The van der Waals surface area contributed by atoms with E-state index in [0.29, 0.717) is 53.5 Å². The maximum Gasteiger partial charge on any atom is 0.258 e. The van der Waals surface area contributed by atoms with Gasteiger partial charge in [0.2, 0.25) is 0 Å². The van der Waals surface area contributed by atoms with E-state index in [9.17, 15) is 19.2 Å². The maximum absolute atomic E-state index is 14.7. The lowest BCUT2D eigenvalue weighted by atomic mass is 9.99. The van der Waals surface area contributed by atoms with E-state index in [0.717, 1.165) is 5.56 Å².